The van der Waals surface area contributed by atoms with Gasteiger partial charge in [-0.05, 0) is 14.0 Å². The first kappa shape index (κ1) is 13.0. The Morgan fingerprint density at radius 2 is 2.28 bits per heavy atom. The van der Waals surface area contributed by atoms with Crippen LogP contribution in [-0.4, -0.2) is 30.6 Å². The van der Waals surface area contributed by atoms with Crippen molar-refractivity contribution in [1.82, 2.24) is 20.5 Å². The van der Waals surface area contributed by atoms with Crippen molar-refractivity contribution in [3.63, 3.8) is 0 Å². The number of hydrogen-bond acceptors (Lipinski definition) is 6. The molecule has 2 rings (SSSR count). The first-order chi connectivity index (χ1) is 8.54. The number of anilines is 1. The molecule has 2 heterocycles. The zero-order valence-electron chi connectivity index (χ0n) is 9.89. The van der Waals surface area contributed by atoms with Crippen molar-refractivity contribution in [2.45, 2.75) is 18.5 Å². The molecule has 3 N–H and O–H groups in total. The Morgan fingerprint density at radius 3 is 2.89 bits per heavy atom. The van der Waals surface area contributed by atoms with Gasteiger partial charge in [-0.1, -0.05) is 0 Å². The number of aryl methyl sites for hydroxylation is 1. The van der Waals surface area contributed by atoms with Crippen LogP contribution in [0.2, 0.25) is 0 Å². The lowest BCUT2D eigenvalue weighted by Crippen LogP contribution is -2.17. The lowest BCUT2D eigenvalue weighted by atomic mass is 10.3. The van der Waals surface area contributed by atoms with E-state index in [4.69, 9.17) is 0 Å². The number of nitrogens with zero attached hydrogens (tertiary/aromatic N) is 2. The van der Waals surface area contributed by atoms with E-state index in [-0.39, 0.29) is 5.03 Å². The molecule has 0 aliphatic carbocycles. The number of aromatic amines is 1. The maximum absolute atomic E-state index is 12.2. The van der Waals surface area contributed by atoms with Crippen LogP contribution in [0.4, 0.5) is 5.13 Å². The van der Waals surface area contributed by atoms with Gasteiger partial charge in [-0.2, -0.15) is 13.5 Å². The van der Waals surface area contributed by atoms with Crippen LogP contribution in [0, 0.1) is 6.92 Å². The van der Waals surface area contributed by atoms with E-state index in [1.165, 1.54) is 17.5 Å². The van der Waals surface area contributed by atoms with Gasteiger partial charge in [0.2, 0.25) is 5.03 Å². The molecule has 0 radical (unpaired) electrons. The van der Waals surface area contributed by atoms with Gasteiger partial charge in [-0.25, -0.2) is 4.98 Å². The third kappa shape index (κ3) is 2.52. The molecule has 18 heavy (non-hydrogen) atoms. The molecule has 0 fully saturated rings. The maximum Gasteiger partial charge on any atom is 0.283 e. The smallest absolute Gasteiger partial charge is 0.283 e. The highest BCUT2D eigenvalue weighted by molar-refractivity contribution is 7.92. The summed E-state index contributed by atoms with van der Waals surface area (Å²) in [6.07, 6.45) is 1.53. The monoisotopic (exact) mass is 287 g/mol. The maximum atomic E-state index is 12.2. The predicted molar refractivity (Wildman–Crippen MR) is 69.0 cm³/mol. The first-order valence-corrected chi connectivity index (χ1v) is 7.51. The largest absolute Gasteiger partial charge is 0.316 e. The van der Waals surface area contributed by atoms with E-state index in [1.54, 1.807) is 19.4 Å². The Balaban J connectivity index is 2.35. The summed E-state index contributed by atoms with van der Waals surface area (Å²) in [5.74, 6) is 0. The minimum absolute atomic E-state index is 0.00421. The van der Waals surface area contributed by atoms with Crippen LogP contribution in [0.15, 0.2) is 16.6 Å². The van der Waals surface area contributed by atoms with Crippen molar-refractivity contribution in [2.75, 3.05) is 11.8 Å². The summed E-state index contributed by atoms with van der Waals surface area (Å²) in [5, 5.41) is 11.5. The highest BCUT2D eigenvalue weighted by Crippen LogP contribution is 2.20. The van der Waals surface area contributed by atoms with Gasteiger partial charge >= 0.3 is 0 Å². The fourth-order valence-electron chi connectivity index (χ4n) is 1.47. The number of thiazole rings is 1. The normalized spacial score (nSPS) is 11.7. The summed E-state index contributed by atoms with van der Waals surface area (Å²) in [5.41, 5.74) is 1.35. The number of aromatic nitrogens is 3. The van der Waals surface area contributed by atoms with E-state index in [0.717, 1.165) is 5.69 Å². The van der Waals surface area contributed by atoms with Gasteiger partial charge in [-0.3, -0.25) is 9.82 Å². The van der Waals surface area contributed by atoms with Crippen molar-refractivity contribution in [3.05, 3.63) is 22.8 Å². The van der Waals surface area contributed by atoms with Gasteiger partial charge < -0.3 is 5.32 Å². The lowest BCUT2D eigenvalue weighted by molar-refractivity contribution is 0.595. The van der Waals surface area contributed by atoms with Crippen LogP contribution in [0.5, 0.6) is 0 Å². The first-order valence-electron chi connectivity index (χ1n) is 5.15. The summed E-state index contributed by atoms with van der Waals surface area (Å²) in [7, 11) is -1.95. The van der Waals surface area contributed by atoms with E-state index in [9.17, 15) is 8.42 Å². The van der Waals surface area contributed by atoms with Gasteiger partial charge in [0.05, 0.1) is 0 Å². The van der Waals surface area contributed by atoms with Gasteiger partial charge in [0, 0.05) is 29.4 Å². The zero-order valence-corrected chi connectivity index (χ0v) is 11.5. The van der Waals surface area contributed by atoms with Crippen molar-refractivity contribution in [3.8, 4) is 0 Å². The molecule has 0 aliphatic rings. The van der Waals surface area contributed by atoms with E-state index in [1.807, 2.05) is 0 Å². The highest BCUT2D eigenvalue weighted by Gasteiger charge is 2.24. The van der Waals surface area contributed by atoms with Gasteiger partial charge in [0.1, 0.15) is 0 Å². The highest BCUT2D eigenvalue weighted by atomic mass is 32.2. The van der Waals surface area contributed by atoms with Gasteiger partial charge in [0.25, 0.3) is 10.0 Å². The van der Waals surface area contributed by atoms with Crippen LogP contribution in [-0.2, 0) is 16.6 Å². The van der Waals surface area contributed by atoms with Crippen molar-refractivity contribution >= 4 is 26.5 Å². The summed E-state index contributed by atoms with van der Waals surface area (Å²) in [6.45, 7) is 2.21. The van der Waals surface area contributed by atoms with E-state index >= 15 is 0 Å². The number of nitrogens with one attached hydrogen (secondary N) is 3. The van der Waals surface area contributed by atoms with Crippen LogP contribution < -0.4 is 10.0 Å². The second-order valence-electron chi connectivity index (χ2n) is 3.61. The molecule has 0 saturated heterocycles. The van der Waals surface area contributed by atoms with Crippen molar-refractivity contribution < 1.29 is 8.42 Å². The molecule has 0 aliphatic heterocycles. The molecular formula is C9H13N5O2S2. The van der Waals surface area contributed by atoms with Crippen LogP contribution in [0.25, 0.3) is 0 Å². The molecule has 0 bridgehead atoms. The van der Waals surface area contributed by atoms with E-state index in [0.29, 0.717) is 17.2 Å². The number of sulfonamides is 1. The van der Waals surface area contributed by atoms with E-state index in [2.05, 4.69) is 25.2 Å². The summed E-state index contributed by atoms with van der Waals surface area (Å²) >= 11 is 1.22. The average Bonchev–Trinajstić information content (AvgIpc) is 2.90. The minimum Gasteiger partial charge on any atom is -0.316 e. The van der Waals surface area contributed by atoms with Crippen LogP contribution in [0.3, 0.4) is 0 Å². The molecule has 98 valence electrons. The minimum atomic E-state index is -3.70. The fourth-order valence-corrected chi connectivity index (χ4v) is 3.46. The van der Waals surface area contributed by atoms with E-state index < -0.39 is 10.0 Å². The molecule has 0 amide bonds. The molecule has 7 nitrogen and oxygen atoms in total. The van der Waals surface area contributed by atoms with Gasteiger partial charge in [-0.15, -0.1) is 11.3 Å². The molecule has 0 unspecified atom stereocenters. The Kier molecular flexibility index (Phi) is 3.64. The summed E-state index contributed by atoms with van der Waals surface area (Å²) < 4.78 is 26.7. The summed E-state index contributed by atoms with van der Waals surface area (Å²) in [6, 6.07) is 0. The molecule has 0 spiro atoms. The molecule has 0 aromatic carbocycles. The Hall–Kier alpha value is -1.45. The molecule has 9 heteroatoms. The standard InChI is InChI=1S/C9H13N5O2S2/c1-6-7(5-10-2)8(13-12-6)18(15,16)14-9-11-3-4-17-9/h3-4,10H,5H2,1-2H3,(H,11,14)(H,12,13). The fraction of sp³-hybridized carbons (Fsp3) is 0.333. The molecular weight excluding hydrogens is 274 g/mol. The van der Waals surface area contributed by atoms with Crippen LogP contribution in [0.1, 0.15) is 11.3 Å². The third-order valence-electron chi connectivity index (χ3n) is 2.30. The van der Waals surface area contributed by atoms with Gasteiger partial charge in [0.15, 0.2) is 5.13 Å². The Labute approximate surface area is 109 Å². The predicted octanol–water partition coefficient (Wildman–Crippen LogP) is 0.695. The SMILES string of the molecule is CNCc1c(S(=O)(=O)Nc2nccs2)n[nH]c1C. The quantitative estimate of drug-likeness (QED) is 0.751. The third-order valence-corrected chi connectivity index (χ3v) is 4.42. The Bertz CT molecular complexity index is 617. The number of rotatable bonds is 5. The van der Waals surface area contributed by atoms with Crippen molar-refractivity contribution in [1.29, 1.82) is 0 Å². The molecule has 2 aromatic rings. The van der Waals surface area contributed by atoms with Crippen LogP contribution >= 0.6 is 11.3 Å². The van der Waals surface area contributed by atoms with Crippen molar-refractivity contribution in [2.24, 2.45) is 0 Å². The number of H-pyrrole nitrogens is 1. The lowest BCUT2D eigenvalue weighted by Gasteiger charge is -2.05. The molecule has 2 aromatic heterocycles. The Morgan fingerprint density at radius 1 is 1.50 bits per heavy atom. The molecule has 0 saturated carbocycles. The molecule has 0 atom stereocenters. The zero-order chi connectivity index (χ0) is 13.2. The average molecular weight is 287 g/mol. The second kappa shape index (κ2) is 5.04. The summed E-state index contributed by atoms with van der Waals surface area (Å²) in [4.78, 5) is 3.88. The number of hydrogen-bond donors (Lipinski definition) is 3. The second-order valence-corrected chi connectivity index (χ2v) is 6.10. The topological polar surface area (TPSA) is 99.8 Å².